The first-order valence-electron chi connectivity index (χ1n) is 7.37. The molecule has 0 radical (unpaired) electrons. The summed E-state index contributed by atoms with van der Waals surface area (Å²) in [5.74, 6) is 0.0750. The Balaban J connectivity index is 1.79. The molecule has 1 aromatic heterocycles. The molecule has 116 valence electrons. The number of carboxylic acids is 1. The van der Waals surface area contributed by atoms with Gasteiger partial charge in [-0.15, -0.1) is 0 Å². The van der Waals surface area contributed by atoms with Crippen molar-refractivity contribution in [3.63, 3.8) is 0 Å². The molecule has 0 bridgehead atoms. The van der Waals surface area contributed by atoms with Gasteiger partial charge in [-0.2, -0.15) is 4.98 Å². The van der Waals surface area contributed by atoms with E-state index in [2.05, 4.69) is 15.5 Å². The van der Waals surface area contributed by atoms with E-state index >= 15 is 0 Å². The highest BCUT2D eigenvalue weighted by atomic mass is 16.5. The molecule has 1 amide bonds. The molecule has 1 heterocycles. The number of aromatic nitrogens is 2. The third kappa shape index (κ3) is 4.27. The molecule has 2 rings (SSSR count). The first-order chi connectivity index (χ1) is 10.0. The Morgan fingerprint density at radius 3 is 2.71 bits per heavy atom. The monoisotopic (exact) mass is 295 g/mol. The molecular formula is C14H21N3O4. The molecule has 2 N–H and O–H groups in total. The number of amides is 1. The van der Waals surface area contributed by atoms with Crippen LogP contribution in [0.25, 0.3) is 0 Å². The fraction of sp³-hybridized carbons (Fsp3) is 0.714. The number of nitrogens with zero attached hydrogens (tertiary/aromatic N) is 2. The number of carbonyl (C=O) groups is 2. The van der Waals surface area contributed by atoms with Crippen molar-refractivity contribution < 1.29 is 19.2 Å². The van der Waals surface area contributed by atoms with Gasteiger partial charge in [-0.1, -0.05) is 12.1 Å². The average Bonchev–Trinajstić information content (AvgIpc) is 2.81. The highest BCUT2D eigenvalue weighted by molar-refractivity contribution is 5.78. The maximum atomic E-state index is 11.9. The highest BCUT2D eigenvalue weighted by Crippen LogP contribution is 2.35. The largest absolute Gasteiger partial charge is 0.481 e. The van der Waals surface area contributed by atoms with Gasteiger partial charge in [-0.05, 0) is 25.7 Å². The van der Waals surface area contributed by atoms with Gasteiger partial charge in [0.1, 0.15) is 0 Å². The van der Waals surface area contributed by atoms with Crippen LogP contribution < -0.4 is 5.32 Å². The first kappa shape index (κ1) is 15.5. The minimum absolute atomic E-state index is 0.0139. The van der Waals surface area contributed by atoms with E-state index in [0.29, 0.717) is 18.1 Å². The van der Waals surface area contributed by atoms with Crippen molar-refractivity contribution in [2.24, 2.45) is 0 Å². The minimum Gasteiger partial charge on any atom is -0.481 e. The molecule has 0 saturated heterocycles. The van der Waals surface area contributed by atoms with Crippen LogP contribution in [0.4, 0.5) is 0 Å². The van der Waals surface area contributed by atoms with Gasteiger partial charge in [0.05, 0.1) is 12.0 Å². The van der Waals surface area contributed by atoms with Crippen LogP contribution in [0, 0.1) is 0 Å². The maximum absolute atomic E-state index is 11.9. The molecule has 0 aromatic carbocycles. The molecular weight excluding hydrogens is 274 g/mol. The third-order valence-electron chi connectivity index (χ3n) is 3.75. The molecule has 21 heavy (non-hydrogen) atoms. The summed E-state index contributed by atoms with van der Waals surface area (Å²) in [5, 5.41) is 15.6. The van der Waals surface area contributed by atoms with Crippen LogP contribution in [0.5, 0.6) is 0 Å². The molecule has 1 aliphatic carbocycles. The molecule has 0 aliphatic heterocycles. The van der Waals surface area contributed by atoms with Gasteiger partial charge in [0.25, 0.3) is 0 Å². The Morgan fingerprint density at radius 2 is 2.14 bits per heavy atom. The molecule has 0 unspecified atom stereocenters. The summed E-state index contributed by atoms with van der Waals surface area (Å²) in [6.45, 7) is 2.03. The molecule has 7 heteroatoms. The van der Waals surface area contributed by atoms with E-state index in [9.17, 15) is 9.59 Å². The van der Waals surface area contributed by atoms with Crippen LogP contribution >= 0.6 is 0 Å². The standard InChI is InChI=1S/C14H21N3O4/c1-2-4-10-15-12(21-17-10)6-5-11(18)16-14(7-3-8-14)9-13(19)20/h2-9H2,1H3,(H,16,18)(H,19,20). The second kappa shape index (κ2) is 6.69. The number of rotatable bonds is 8. The summed E-state index contributed by atoms with van der Waals surface area (Å²) in [6.07, 6.45) is 4.71. The second-order valence-electron chi connectivity index (χ2n) is 5.61. The highest BCUT2D eigenvalue weighted by Gasteiger charge is 2.40. The topological polar surface area (TPSA) is 105 Å². The number of nitrogens with one attached hydrogen (secondary N) is 1. The number of carbonyl (C=O) groups excluding carboxylic acids is 1. The van der Waals surface area contributed by atoms with Gasteiger partial charge in [-0.25, -0.2) is 0 Å². The summed E-state index contributed by atoms with van der Waals surface area (Å²) in [4.78, 5) is 27.0. The summed E-state index contributed by atoms with van der Waals surface area (Å²) < 4.78 is 5.07. The Labute approximate surface area is 123 Å². The number of hydrogen-bond donors (Lipinski definition) is 2. The lowest BCUT2D eigenvalue weighted by molar-refractivity contribution is -0.140. The van der Waals surface area contributed by atoms with E-state index in [-0.39, 0.29) is 18.7 Å². The van der Waals surface area contributed by atoms with Gasteiger partial charge >= 0.3 is 5.97 Å². The molecule has 0 spiro atoms. The van der Waals surface area contributed by atoms with E-state index in [0.717, 1.165) is 32.1 Å². The van der Waals surface area contributed by atoms with Crippen molar-refractivity contribution >= 4 is 11.9 Å². The van der Waals surface area contributed by atoms with Crippen LogP contribution in [0.2, 0.25) is 0 Å². The van der Waals surface area contributed by atoms with Crippen molar-refractivity contribution in [2.75, 3.05) is 0 Å². The van der Waals surface area contributed by atoms with E-state index in [1.54, 1.807) is 0 Å². The molecule has 1 saturated carbocycles. The zero-order valence-electron chi connectivity index (χ0n) is 12.2. The normalized spacial score (nSPS) is 16.2. The fourth-order valence-electron chi connectivity index (χ4n) is 2.53. The van der Waals surface area contributed by atoms with Crippen LogP contribution in [0.15, 0.2) is 4.52 Å². The maximum Gasteiger partial charge on any atom is 0.305 e. The second-order valence-corrected chi connectivity index (χ2v) is 5.61. The predicted molar refractivity (Wildman–Crippen MR) is 73.6 cm³/mol. The fourth-order valence-corrected chi connectivity index (χ4v) is 2.53. The van der Waals surface area contributed by atoms with Crippen LogP contribution in [0.3, 0.4) is 0 Å². The van der Waals surface area contributed by atoms with Crippen LogP contribution in [0.1, 0.15) is 57.2 Å². The SMILES string of the molecule is CCCc1noc(CCC(=O)NC2(CC(=O)O)CCC2)n1. The zero-order valence-corrected chi connectivity index (χ0v) is 12.2. The summed E-state index contributed by atoms with van der Waals surface area (Å²) in [7, 11) is 0. The Bertz CT molecular complexity index is 508. The third-order valence-corrected chi connectivity index (χ3v) is 3.75. The Morgan fingerprint density at radius 1 is 1.38 bits per heavy atom. The molecule has 1 aromatic rings. The van der Waals surface area contributed by atoms with Gasteiger partial charge in [0, 0.05) is 19.3 Å². The van der Waals surface area contributed by atoms with Crippen LogP contribution in [-0.2, 0) is 22.4 Å². The number of carboxylic acid groups (broad SMARTS) is 1. The first-order valence-corrected chi connectivity index (χ1v) is 7.37. The van der Waals surface area contributed by atoms with Crippen molar-refractivity contribution in [3.8, 4) is 0 Å². The van der Waals surface area contributed by atoms with Gasteiger partial charge < -0.3 is 14.9 Å². The van der Waals surface area contributed by atoms with E-state index in [1.165, 1.54) is 0 Å². The Hall–Kier alpha value is -1.92. The van der Waals surface area contributed by atoms with Crippen molar-refractivity contribution in [1.82, 2.24) is 15.5 Å². The quantitative estimate of drug-likeness (QED) is 0.752. The van der Waals surface area contributed by atoms with Gasteiger partial charge in [-0.3, -0.25) is 9.59 Å². The van der Waals surface area contributed by atoms with Gasteiger partial charge in [0.2, 0.25) is 11.8 Å². The van der Waals surface area contributed by atoms with E-state index in [1.807, 2.05) is 6.92 Å². The summed E-state index contributed by atoms with van der Waals surface area (Å²) in [6, 6.07) is 0. The molecule has 1 aliphatic rings. The van der Waals surface area contributed by atoms with Gasteiger partial charge in [0.15, 0.2) is 5.82 Å². The lowest BCUT2D eigenvalue weighted by Gasteiger charge is -2.41. The minimum atomic E-state index is -0.879. The summed E-state index contributed by atoms with van der Waals surface area (Å²) >= 11 is 0. The van der Waals surface area contributed by atoms with Crippen molar-refractivity contribution in [2.45, 2.75) is 63.8 Å². The predicted octanol–water partition coefficient (Wildman–Crippen LogP) is 1.47. The molecule has 1 fully saturated rings. The Kier molecular flexibility index (Phi) is 4.93. The zero-order chi connectivity index (χ0) is 15.3. The molecule has 0 atom stereocenters. The van der Waals surface area contributed by atoms with E-state index in [4.69, 9.17) is 9.63 Å². The number of aryl methyl sites for hydroxylation is 2. The summed E-state index contributed by atoms with van der Waals surface area (Å²) in [5.41, 5.74) is -0.550. The lowest BCUT2D eigenvalue weighted by Crippen LogP contribution is -2.54. The van der Waals surface area contributed by atoms with Crippen LogP contribution in [-0.4, -0.2) is 32.7 Å². The average molecular weight is 295 g/mol. The number of aliphatic carboxylic acids is 1. The van der Waals surface area contributed by atoms with Crippen molar-refractivity contribution in [3.05, 3.63) is 11.7 Å². The number of hydrogen-bond acceptors (Lipinski definition) is 5. The van der Waals surface area contributed by atoms with Crippen molar-refractivity contribution in [1.29, 1.82) is 0 Å². The lowest BCUT2D eigenvalue weighted by atomic mass is 9.74. The smallest absolute Gasteiger partial charge is 0.305 e. The van der Waals surface area contributed by atoms with E-state index < -0.39 is 11.5 Å². The molecule has 7 nitrogen and oxygen atoms in total.